The van der Waals surface area contributed by atoms with Gasteiger partial charge in [-0.25, -0.2) is 9.59 Å². The summed E-state index contributed by atoms with van der Waals surface area (Å²) in [6.07, 6.45) is 0.202. The van der Waals surface area contributed by atoms with Crippen molar-refractivity contribution in [1.82, 2.24) is 0 Å². The molecule has 0 amide bonds. The molecule has 0 aliphatic rings. The van der Waals surface area contributed by atoms with Gasteiger partial charge >= 0.3 is 55.6 Å². The van der Waals surface area contributed by atoms with Gasteiger partial charge in [0.05, 0.1) is 27.6 Å². The van der Waals surface area contributed by atoms with E-state index in [1.54, 1.807) is 0 Å². The molecule has 0 saturated carbocycles. The van der Waals surface area contributed by atoms with Crippen LogP contribution in [0.2, 0.25) is 0 Å². The first-order chi connectivity index (χ1) is 8.44. The first kappa shape index (κ1) is 24.4. The van der Waals surface area contributed by atoms with Crippen LogP contribution in [0, 0.1) is 0 Å². The van der Waals surface area contributed by atoms with Crippen molar-refractivity contribution in [2.75, 3.05) is 27.7 Å². The largest absolute Gasteiger partial charge is 2.00 e. The molecule has 0 saturated heterocycles. The van der Waals surface area contributed by atoms with E-state index in [0.717, 1.165) is 0 Å². The van der Waals surface area contributed by atoms with Crippen LogP contribution in [0.3, 0.4) is 0 Å². The second kappa shape index (κ2) is 12.1. The van der Waals surface area contributed by atoms with Crippen LogP contribution >= 0.6 is 0 Å². The number of hydrogen-bond acceptors (Lipinski definition) is 4. The van der Waals surface area contributed by atoms with Gasteiger partial charge in [0.15, 0.2) is 0 Å². The zero-order valence-electron chi connectivity index (χ0n) is 11.8. The van der Waals surface area contributed by atoms with Crippen molar-refractivity contribution >= 4 is 55.6 Å². The average molecular weight is 318 g/mol. The van der Waals surface area contributed by atoms with Crippen LogP contribution in [0.5, 0.6) is 0 Å². The Morgan fingerprint density at radius 1 is 1.00 bits per heavy atom. The number of carboxylic acid groups (broad SMARTS) is 3. The number of aliphatic carboxylic acids is 3. The topological polar surface area (TPSA) is 132 Å². The summed E-state index contributed by atoms with van der Waals surface area (Å²) in [5.74, 6) is -3.47. The van der Waals surface area contributed by atoms with Crippen LogP contribution in [-0.4, -0.2) is 114 Å². The number of nitrogens with zero attached hydrogens (tertiary/aromatic N) is 1. The Hall–Kier alpha value is -0.670. The Morgan fingerprint density at radius 2 is 1.35 bits per heavy atom. The van der Waals surface area contributed by atoms with Crippen LogP contribution in [0.15, 0.2) is 12.2 Å². The van der Waals surface area contributed by atoms with Crippen molar-refractivity contribution in [3.8, 4) is 0 Å². The summed E-state index contributed by atoms with van der Waals surface area (Å²) in [5.41, 5.74) is 0. The number of rotatable bonds is 6. The fourth-order valence-electron chi connectivity index (χ4n) is 1.04. The number of aliphatic hydroxyl groups is 1. The molecule has 9 heteroatoms. The van der Waals surface area contributed by atoms with Gasteiger partial charge in [0.1, 0.15) is 12.6 Å². The van der Waals surface area contributed by atoms with Gasteiger partial charge in [0, 0.05) is 12.2 Å². The van der Waals surface area contributed by atoms with Crippen LogP contribution < -0.4 is 0 Å². The van der Waals surface area contributed by atoms with Gasteiger partial charge in [-0.1, -0.05) is 0 Å². The molecular formula is C11H20CaNO7+3. The van der Waals surface area contributed by atoms with Crippen molar-refractivity contribution in [3.63, 3.8) is 0 Å². The van der Waals surface area contributed by atoms with E-state index in [0.29, 0.717) is 23.2 Å². The van der Waals surface area contributed by atoms with E-state index in [2.05, 4.69) is 0 Å². The molecule has 1 atom stereocenters. The maximum atomic E-state index is 10.1. The van der Waals surface area contributed by atoms with E-state index < -0.39 is 24.0 Å². The van der Waals surface area contributed by atoms with Crippen molar-refractivity contribution < 1.29 is 39.3 Å². The van der Waals surface area contributed by atoms with Gasteiger partial charge in [-0.2, -0.15) is 0 Å². The number of hydrogen-bond donors (Lipinski definition) is 4. The number of aliphatic hydroxyl groups excluding tert-OH is 1. The predicted octanol–water partition coefficient (Wildman–Crippen LogP) is -1.14. The minimum absolute atomic E-state index is 0. The molecule has 0 aromatic rings. The first-order valence-electron chi connectivity index (χ1n) is 5.28. The molecule has 0 unspecified atom stereocenters. The zero-order chi connectivity index (χ0) is 15.6. The van der Waals surface area contributed by atoms with Crippen LogP contribution in [0.1, 0.15) is 6.42 Å². The summed E-state index contributed by atoms with van der Waals surface area (Å²) < 4.78 is 0.578. The number of likely N-dealkylation sites (N-methyl/N-ethyl adjacent to an activating group) is 1. The Labute approximate surface area is 146 Å². The fourth-order valence-corrected chi connectivity index (χ4v) is 1.04. The standard InChI is InChI=1S/C7H15NO3.C4H4O4.Ca/c1-8(2,3)5-6(9)4-7(10)11;5-3(6)1-2-4(7)8;/h6,9H,4-5H2,1-3H3;1-2H,(H,5,6)(H,7,8);/q;;+2/p+1/b;2-1+;/t6-;;/m0../s1. The van der Waals surface area contributed by atoms with Crippen molar-refractivity contribution in [3.05, 3.63) is 12.2 Å². The molecule has 0 fully saturated rings. The predicted molar refractivity (Wildman–Crippen MR) is 71.3 cm³/mol. The maximum absolute atomic E-state index is 10.1. The summed E-state index contributed by atoms with van der Waals surface area (Å²) in [5, 5.41) is 33.1. The normalized spacial score (nSPS) is 11.8. The smallest absolute Gasteiger partial charge is 0.481 e. The maximum Gasteiger partial charge on any atom is 2.00 e. The Morgan fingerprint density at radius 3 is 1.55 bits per heavy atom. The minimum Gasteiger partial charge on any atom is -0.481 e. The average Bonchev–Trinajstić information content (AvgIpc) is 2.10. The molecule has 0 rings (SSSR count). The summed E-state index contributed by atoms with van der Waals surface area (Å²) in [7, 11) is 5.72. The van der Waals surface area contributed by atoms with E-state index >= 15 is 0 Å². The first-order valence-corrected chi connectivity index (χ1v) is 5.28. The molecular weight excluding hydrogens is 298 g/mol. The third-order valence-corrected chi connectivity index (χ3v) is 1.54. The van der Waals surface area contributed by atoms with Crippen LogP contribution in [0.4, 0.5) is 0 Å². The third kappa shape index (κ3) is 26.0. The third-order valence-electron chi connectivity index (χ3n) is 1.54. The SMILES string of the molecule is C[N+](C)(C)C[C@@H](O)CC(=O)O.O=C(O)/C=C/C(=O)O.[Ca+2]. The molecule has 0 aromatic heterocycles. The van der Waals surface area contributed by atoms with E-state index in [-0.39, 0.29) is 44.2 Å². The minimum atomic E-state index is -1.26. The van der Waals surface area contributed by atoms with E-state index in [1.807, 2.05) is 21.1 Å². The van der Waals surface area contributed by atoms with Crippen LogP contribution in [0.25, 0.3) is 0 Å². The second-order valence-corrected chi connectivity index (χ2v) is 4.73. The molecule has 20 heavy (non-hydrogen) atoms. The molecule has 0 aliphatic carbocycles. The Bertz CT molecular complexity index is 333. The molecule has 0 aromatic carbocycles. The van der Waals surface area contributed by atoms with Gasteiger partial charge < -0.3 is 24.9 Å². The second-order valence-electron chi connectivity index (χ2n) is 4.73. The summed E-state index contributed by atoms with van der Waals surface area (Å²) in [6, 6.07) is 0. The van der Waals surface area contributed by atoms with Gasteiger partial charge in [-0.15, -0.1) is 0 Å². The molecule has 0 bridgehead atoms. The molecule has 4 N–H and O–H groups in total. The van der Waals surface area contributed by atoms with Gasteiger partial charge in [0.25, 0.3) is 0 Å². The molecule has 0 aliphatic heterocycles. The quantitative estimate of drug-likeness (QED) is 0.276. The molecule has 0 heterocycles. The molecule has 0 radical (unpaired) electrons. The molecule has 110 valence electrons. The van der Waals surface area contributed by atoms with Crippen molar-refractivity contribution in [2.45, 2.75) is 12.5 Å². The monoisotopic (exact) mass is 318 g/mol. The van der Waals surface area contributed by atoms with Crippen molar-refractivity contribution in [2.24, 2.45) is 0 Å². The van der Waals surface area contributed by atoms with Gasteiger partial charge in [-0.05, 0) is 0 Å². The Balaban J connectivity index is -0.000000288. The number of carboxylic acids is 3. The van der Waals surface area contributed by atoms with Gasteiger partial charge in [0.2, 0.25) is 0 Å². The number of carbonyl (C=O) groups is 3. The molecule has 8 nitrogen and oxygen atoms in total. The van der Waals surface area contributed by atoms with E-state index in [4.69, 9.17) is 20.4 Å². The van der Waals surface area contributed by atoms with E-state index in [1.165, 1.54) is 0 Å². The summed E-state index contributed by atoms with van der Waals surface area (Å²) in [6.45, 7) is 0.465. The summed E-state index contributed by atoms with van der Waals surface area (Å²) in [4.78, 5) is 29.2. The van der Waals surface area contributed by atoms with Gasteiger partial charge in [-0.3, -0.25) is 4.79 Å². The van der Waals surface area contributed by atoms with Crippen LogP contribution in [-0.2, 0) is 14.4 Å². The number of quaternary nitrogens is 1. The Kier molecular flexibility index (Phi) is 14.7. The summed E-state index contributed by atoms with van der Waals surface area (Å²) >= 11 is 0. The van der Waals surface area contributed by atoms with Crippen molar-refractivity contribution in [1.29, 1.82) is 0 Å². The zero-order valence-corrected chi connectivity index (χ0v) is 14.0. The fraction of sp³-hybridized carbons (Fsp3) is 0.545. The van der Waals surface area contributed by atoms with E-state index in [9.17, 15) is 14.4 Å². The molecule has 0 spiro atoms.